The molecule has 76 valence electrons. The number of aryl methyl sites for hydroxylation is 1. The molecule has 0 amide bonds. The van der Waals surface area contributed by atoms with Crippen molar-refractivity contribution in [2.45, 2.75) is 24.9 Å². The van der Waals surface area contributed by atoms with Crippen LogP contribution >= 0.6 is 11.6 Å². The molecule has 2 N–H and O–H groups in total. The third kappa shape index (κ3) is 1.22. The van der Waals surface area contributed by atoms with E-state index in [4.69, 9.17) is 21.1 Å². The Morgan fingerprint density at radius 1 is 1.64 bits per heavy atom. The smallest absolute Gasteiger partial charge is 0.343 e. The Morgan fingerprint density at radius 3 is 3.00 bits per heavy atom. The first kappa shape index (κ1) is 9.55. The fraction of sp³-hybridized carbons (Fsp3) is 0.444. The zero-order chi connectivity index (χ0) is 10.3. The molecule has 2 rings (SSSR count). The molecule has 1 aliphatic rings. The van der Waals surface area contributed by atoms with E-state index >= 15 is 0 Å². The fourth-order valence-electron chi connectivity index (χ4n) is 1.78. The van der Waals surface area contributed by atoms with Crippen LogP contribution < -0.4 is 0 Å². The van der Waals surface area contributed by atoms with Crippen LogP contribution in [0, 0.1) is 0 Å². The van der Waals surface area contributed by atoms with Crippen molar-refractivity contribution < 1.29 is 19.4 Å². The van der Waals surface area contributed by atoms with Gasteiger partial charge in [-0.05, 0) is 42.5 Å². The van der Waals surface area contributed by atoms with E-state index in [9.17, 15) is 9.90 Å². The first-order valence-corrected chi connectivity index (χ1v) is 4.66. The van der Waals surface area contributed by atoms with Crippen molar-refractivity contribution in [1.29, 1.82) is 0 Å². The van der Waals surface area contributed by atoms with Crippen molar-refractivity contribution in [3.63, 3.8) is 0 Å². The van der Waals surface area contributed by atoms with Gasteiger partial charge in [0.1, 0.15) is 0 Å². The lowest BCUT2D eigenvalue weighted by Gasteiger charge is -2.25. The largest absolute Gasteiger partial charge is 0.479 e. The van der Waals surface area contributed by atoms with Crippen molar-refractivity contribution >= 4 is 17.6 Å². The third-order valence-electron chi connectivity index (χ3n) is 2.49. The van der Waals surface area contributed by atoms with Gasteiger partial charge in [0.15, 0.2) is 11.0 Å². The highest BCUT2D eigenvalue weighted by Crippen LogP contribution is 2.38. The van der Waals surface area contributed by atoms with Gasteiger partial charge in [0, 0.05) is 0 Å². The van der Waals surface area contributed by atoms with Gasteiger partial charge in [0.2, 0.25) is 5.60 Å². The highest BCUT2D eigenvalue weighted by atomic mass is 35.5. The summed E-state index contributed by atoms with van der Waals surface area (Å²) >= 11 is 5.61. The Kier molecular flexibility index (Phi) is 2.05. The minimum absolute atomic E-state index is 0.0845. The van der Waals surface area contributed by atoms with Crippen LogP contribution in [0.3, 0.4) is 0 Å². The maximum absolute atomic E-state index is 10.9. The van der Waals surface area contributed by atoms with Crippen molar-refractivity contribution in [2.75, 3.05) is 0 Å². The van der Waals surface area contributed by atoms with Crippen LogP contribution in [0.4, 0.5) is 0 Å². The topological polar surface area (TPSA) is 70.7 Å². The average molecular weight is 217 g/mol. The molecule has 1 unspecified atom stereocenters. The molecule has 0 saturated carbocycles. The Balaban J connectivity index is 2.54. The monoisotopic (exact) mass is 216 g/mol. The molecule has 0 saturated heterocycles. The number of rotatable bonds is 1. The van der Waals surface area contributed by atoms with E-state index in [1.54, 1.807) is 6.07 Å². The number of halogens is 1. The summed E-state index contributed by atoms with van der Waals surface area (Å²) in [6.07, 6.45) is 1.48. The normalized spacial score (nSPS) is 25.9. The number of carboxylic acids is 1. The van der Waals surface area contributed by atoms with Gasteiger partial charge in [-0.1, -0.05) is 0 Å². The molecular formula is C9H9ClO4. The minimum Gasteiger partial charge on any atom is -0.479 e. The summed E-state index contributed by atoms with van der Waals surface area (Å²) in [6.45, 7) is 0. The van der Waals surface area contributed by atoms with Gasteiger partial charge < -0.3 is 14.6 Å². The van der Waals surface area contributed by atoms with Crippen LogP contribution in [0.2, 0.25) is 5.22 Å². The van der Waals surface area contributed by atoms with Crippen molar-refractivity contribution in [2.24, 2.45) is 0 Å². The SMILES string of the molecule is O=C(O)C1(O)CCCc2cc(Cl)oc21. The summed E-state index contributed by atoms with van der Waals surface area (Å²) in [6, 6.07) is 1.56. The molecule has 4 nitrogen and oxygen atoms in total. The second-order valence-corrected chi connectivity index (χ2v) is 3.80. The molecule has 0 aromatic carbocycles. The number of aliphatic hydroxyl groups is 1. The van der Waals surface area contributed by atoms with E-state index in [1.807, 2.05) is 0 Å². The molecule has 1 heterocycles. The molecule has 0 spiro atoms. The Labute approximate surface area is 85.1 Å². The number of carboxylic acid groups (broad SMARTS) is 1. The maximum atomic E-state index is 10.9. The first-order chi connectivity index (χ1) is 6.54. The van der Waals surface area contributed by atoms with Crippen molar-refractivity contribution in [3.8, 4) is 0 Å². The lowest BCUT2D eigenvalue weighted by molar-refractivity contribution is -0.163. The summed E-state index contributed by atoms with van der Waals surface area (Å²) < 4.78 is 5.02. The van der Waals surface area contributed by atoms with Gasteiger partial charge in [0.05, 0.1) is 0 Å². The quantitative estimate of drug-likeness (QED) is 0.747. The number of carbonyl (C=O) groups is 1. The number of hydrogen-bond donors (Lipinski definition) is 2. The fourth-order valence-corrected chi connectivity index (χ4v) is 1.99. The molecule has 1 aliphatic carbocycles. The number of aliphatic carboxylic acids is 1. The summed E-state index contributed by atoms with van der Waals surface area (Å²) in [5, 5.41) is 18.9. The van der Waals surface area contributed by atoms with E-state index in [0.717, 1.165) is 0 Å². The van der Waals surface area contributed by atoms with Gasteiger partial charge in [-0.2, -0.15) is 0 Å². The van der Waals surface area contributed by atoms with E-state index in [0.29, 0.717) is 18.4 Å². The number of furan rings is 1. The van der Waals surface area contributed by atoms with Gasteiger partial charge in [-0.3, -0.25) is 0 Å². The van der Waals surface area contributed by atoms with E-state index in [1.165, 1.54) is 0 Å². The maximum Gasteiger partial charge on any atom is 0.343 e. The Hall–Kier alpha value is -1.00. The molecule has 1 aromatic rings. The summed E-state index contributed by atoms with van der Waals surface area (Å²) in [5.74, 6) is -1.20. The molecule has 1 aromatic heterocycles. The molecule has 0 bridgehead atoms. The highest BCUT2D eigenvalue weighted by molar-refractivity contribution is 6.29. The molecule has 0 radical (unpaired) electrons. The van der Waals surface area contributed by atoms with Gasteiger partial charge in [-0.15, -0.1) is 0 Å². The highest BCUT2D eigenvalue weighted by Gasteiger charge is 2.45. The van der Waals surface area contributed by atoms with Crippen LogP contribution in [0.15, 0.2) is 10.5 Å². The van der Waals surface area contributed by atoms with Crippen LogP contribution in [0.25, 0.3) is 0 Å². The minimum atomic E-state index is -1.90. The van der Waals surface area contributed by atoms with Gasteiger partial charge >= 0.3 is 5.97 Å². The predicted octanol–water partition coefficient (Wildman–Crippen LogP) is 1.54. The Morgan fingerprint density at radius 2 is 2.36 bits per heavy atom. The lowest BCUT2D eigenvalue weighted by atomic mass is 9.85. The van der Waals surface area contributed by atoms with Crippen LogP contribution in [-0.2, 0) is 16.8 Å². The number of fused-ring (bicyclic) bond motifs is 1. The Bertz CT molecular complexity index is 384. The lowest BCUT2D eigenvalue weighted by Crippen LogP contribution is -2.38. The molecule has 14 heavy (non-hydrogen) atoms. The summed E-state index contributed by atoms with van der Waals surface area (Å²) in [5.41, 5.74) is -1.22. The van der Waals surface area contributed by atoms with Crippen LogP contribution in [0.1, 0.15) is 24.2 Å². The third-order valence-corrected chi connectivity index (χ3v) is 2.68. The van der Waals surface area contributed by atoms with Crippen LogP contribution in [0.5, 0.6) is 0 Å². The summed E-state index contributed by atoms with van der Waals surface area (Å²) in [7, 11) is 0. The van der Waals surface area contributed by atoms with Crippen LogP contribution in [-0.4, -0.2) is 16.2 Å². The van der Waals surface area contributed by atoms with E-state index in [2.05, 4.69) is 0 Å². The van der Waals surface area contributed by atoms with Gasteiger partial charge in [0.25, 0.3) is 0 Å². The summed E-state index contributed by atoms with van der Waals surface area (Å²) in [4.78, 5) is 10.9. The molecule has 5 heteroatoms. The zero-order valence-corrected chi connectivity index (χ0v) is 8.04. The van der Waals surface area contributed by atoms with Crippen molar-refractivity contribution in [1.82, 2.24) is 0 Å². The molecule has 0 aliphatic heterocycles. The standard InChI is InChI=1S/C9H9ClO4/c10-6-4-5-2-1-3-9(13,8(11)12)7(5)14-6/h4,13H,1-3H2,(H,11,12). The number of hydrogen-bond acceptors (Lipinski definition) is 3. The van der Waals surface area contributed by atoms with E-state index < -0.39 is 11.6 Å². The van der Waals surface area contributed by atoms with E-state index in [-0.39, 0.29) is 17.4 Å². The molecule has 1 atom stereocenters. The zero-order valence-electron chi connectivity index (χ0n) is 7.29. The average Bonchev–Trinajstić information content (AvgIpc) is 2.47. The molecule has 0 fully saturated rings. The second-order valence-electron chi connectivity index (χ2n) is 3.42. The predicted molar refractivity (Wildman–Crippen MR) is 48.2 cm³/mol. The first-order valence-electron chi connectivity index (χ1n) is 4.28. The van der Waals surface area contributed by atoms with Gasteiger partial charge in [-0.25, -0.2) is 4.79 Å². The van der Waals surface area contributed by atoms with Crippen molar-refractivity contribution in [3.05, 3.63) is 22.6 Å². The second kappa shape index (κ2) is 3.00. The molecular weight excluding hydrogens is 208 g/mol.